The van der Waals surface area contributed by atoms with Gasteiger partial charge < -0.3 is 5.73 Å². The lowest BCUT2D eigenvalue weighted by molar-refractivity contribution is 0.216. The standard InChI is InChI=1S/C18H23FN2/c1-13-8-10-15(11-9-13)18(20)14(2)21(3)12-16-6-4-5-7-17(16)19/h4-11,14,18H,12,20H2,1-3H3. The molecule has 0 aliphatic heterocycles. The summed E-state index contributed by atoms with van der Waals surface area (Å²) in [6.07, 6.45) is 0. The second kappa shape index (κ2) is 6.83. The van der Waals surface area contributed by atoms with Crippen molar-refractivity contribution in [2.24, 2.45) is 5.73 Å². The lowest BCUT2D eigenvalue weighted by atomic mass is 9.99. The molecule has 0 heterocycles. The molecule has 0 saturated carbocycles. The summed E-state index contributed by atoms with van der Waals surface area (Å²) in [6, 6.07) is 15.2. The van der Waals surface area contributed by atoms with Gasteiger partial charge in [-0.2, -0.15) is 0 Å². The van der Waals surface area contributed by atoms with E-state index in [0.29, 0.717) is 12.1 Å². The maximum atomic E-state index is 13.7. The molecule has 21 heavy (non-hydrogen) atoms. The molecule has 0 saturated heterocycles. The van der Waals surface area contributed by atoms with Crippen LogP contribution in [-0.4, -0.2) is 18.0 Å². The van der Waals surface area contributed by atoms with E-state index < -0.39 is 0 Å². The molecule has 2 aromatic rings. The molecule has 2 N–H and O–H groups in total. The molecule has 0 bridgehead atoms. The largest absolute Gasteiger partial charge is 0.323 e. The van der Waals surface area contributed by atoms with Crippen molar-refractivity contribution in [3.63, 3.8) is 0 Å². The molecule has 0 aliphatic rings. The van der Waals surface area contributed by atoms with Gasteiger partial charge in [0.05, 0.1) is 0 Å². The molecule has 112 valence electrons. The number of nitrogens with zero attached hydrogens (tertiary/aromatic N) is 1. The summed E-state index contributed by atoms with van der Waals surface area (Å²) in [6.45, 7) is 4.68. The van der Waals surface area contributed by atoms with Gasteiger partial charge in [0, 0.05) is 24.2 Å². The normalized spacial score (nSPS) is 14.2. The van der Waals surface area contributed by atoms with E-state index in [2.05, 4.69) is 43.0 Å². The van der Waals surface area contributed by atoms with E-state index in [1.54, 1.807) is 6.07 Å². The molecule has 3 heteroatoms. The first-order chi connectivity index (χ1) is 9.99. The third kappa shape index (κ3) is 3.90. The van der Waals surface area contributed by atoms with Crippen molar-refractivity contribution in [1.82, 2.24) is 4.90 Å². The minimum atomic E-state index is -0.166. The fraction of sp³-hybridized carbons (Fsp3) is 0.333. The van der Waals surface area contributed by atoms with Crippen LogP contribution in [0.3, 0.4) is 0 Å². The van der Waals surface area contributed by atoms with Crippen LogP contribution >= 0.6 is 0 Å². The number of hydrogen-bond acceptors (Lipinski definition) is 2. The van der Waals surface area contributed by atoms with E-state index in [0.717, 1.165) is 5.56 Å². The molecule has 0 amide bonds. The van der Waals surface area contributed by atoms with E-state index >= 15 is 0 Å². The predicted molar refractivity (Wildman–Crippen MR) is 85.4 cm³/mol. The predicted octanol–water partition coefficient (Wildman–Crippen LogP) is 3.65. The van der Waals surface area contributed by atoms with Crippen LogP contribution in [0.4, 0.5) is 4.39 Å². The lowest BCUT2D eigenvalue weighted by Gasteiger charge is -2.30. The third-order valence-corrected chi connectivity index (χ3v) is 4.05. The first-order valence-electron chi connectivity index (χ1n) is 7.25. The highest BCUT2D eigenvalue weighted by molar-refractivity contribution is 5.25. The maximum absolute atomic E-state index is 13.7. The lowest BCUT2D eigenvalue weighted by Crippen LogP contribution is -2.38. The highest BCUT2D eigenvalue weighted by atomic mass is 19.1. The second-order valence-corrected chi connectivity index (χ2v) is 5.68. The molecular weight excluding hydrogens is 263 g/mol. The minimum Gasteiger partial charge on any atom is -0.323 e. The SMILES string of the molecule is Cc1ccc(C(N)C(C)N(C)Cc2ccccc2F)cc1. The molecule has 2 aromatic carbocycles. The van der Waals surface area contributed by atoms with Crippen LogP contribution in [0.15, 0.2) is 48.5 Å². The van der Waals surface area contributed by atoms with Gasteiger partial charge in [-0.05, 0) is 32.5 Å². The molecule has 0 aromatic heterocycles. The number of aryl methyl sites for hydroxylation is 1. The first-order valence-corrected chi connectivity index (χ1v) is 7.25. The van der Waals surface area contributed by atoms with Crippen molar-refractivity contribution in [1.29, 1.82) is 0 Å². The van der Waals surface area contributed by atoms with Crippen LogP contribution < -0.4 is 5.73 Å². The quantitative estimate of drug-likeness (QED) is 0.909. The Morgan fingerprint density at radius 2 is 1.71 bits per heavy atom. The number of nitrogens with two attached hydrogens (primary N) is 1. The van der Waals surface area contributed by atoms with Crippen molar-refractivity contribution in [3.8, 4) is 0 Å². The zero-order chi connectivity index (χ0) is 15.4. The smallest absolute Gasteiger partial charge is 0.127 e. The number of hydrogen-bond donors (Lipinski definition) is 1. The van der Waals surface area contributed by atoms with E-state index in [1.807, 2.05) is 19.2 Å². The average molecular weight is 286 g/mol. The Labute approximate surface area is 126 Å². The summed E-state index contributed by atoms with van der Waals surface area (Å²) in [4.78, 5) is 2.09. The van der Waals surface area contributed by atoms with E-state index in [4.69, 9.17) is 5.73 Å². The van der Waals surface area contributed by atoms with Gasteiger partial charge in [-0.25, -0.2) is 4.39 Å². The van der Waals surface area contributed by atoms with Crippen LogP contribution in [0.2, 0.25) is 0 Å². The number of benzene rings is 2. The fourth-order valence-electron chi connectivity index (χ4n) is 2.38. The summed E-state index contributed by atoms with van der Waals surface area (Å²) in [5.41, 5.74) is 9.37. The van der Waals surface area contributed by atoms with Crippen LogP contribution in [0.25, 0.3) is 0 Å². The van der Waals surface area contributed by atoms with Crippen LogP contribution in [-0.2, 0) is 6.54 Å². The van der Waals surface area contributed by atoms with Gasteiger partial charge in [0.25, 0.3) is 0 Å². The van der Waals surface area contributed by atoms with Crippen molar-refractivity contribution in [3.05, 3.63) is 71.0 Å². The Bertz CT molecular complexity index is 580. The van der Waals surface area contributed by atoms with Gasteiger partial charge in [-0.15, -0.1) is 0 Å². The number of rotatable bonds is 5. The molecule has 2 atom stereocenters. The zero-order valence-electron chi connectivity index (χ0n) is 12.9. The maximum Gasteiger partial charge on any atom is 0.127 e. The Balaban J connectivity index is 2.06. The van der Waals surface area contributed by atoms with Crippen molar-refractivity contribution in [2.45, 2.75) is 32.5 Å². The summed E-state index contributed by atoms with van der Waals surface area (Å²) in [7, 11) is 1.98. The molecule has 0 radical (unpaired) electrons. The van der Waals surface area contributed by atoms with E-state index in [1.165, 1.54) is 11.6 Å². The average Bonchev–Trinajstić information content (AvgIpc) is 2.49. The number of halogens is 1. The highest BCUT2D eigenvalue weighted by Crippen LogP contribution is 2.20. The molecule has 2 nitrogen and oxygen atoms in total. The Morgan fingerprint density at radius 1 is 1.10 bits per heavy atom. The van der Waals surface area contributed by atoms with Gasteiger partial charge in [-0.1, -0.05) is 48.0 Å². The molecular formula is C18H23FN2. The summed E-state index contributed by atoms with van der Waals surface area (Å²) in [5, 5.41) is 0. The summed E-state index contributed by atoms with van der Waals surface area (Å²) < 4.78 is 13.7. The third-order valence-electron chi connectivity index (χ3n) is 4.05. The fourth-order valence-corrected chi connectivity index (χ4v) is 2.38. The Kier molecular flexibility index (Phi) is 5.10. The molecule has 0 aliphatic carbocycles. The van der Waals surface area contributed by atoms with Crippen molar-refractivity contribution >= 4 is 0 Å². The molecule has 2 rings (SSSR count). The van der Waals surface area contributed by atoms with Gasteiger partial charge in [0.15, 0.2) is 0 Å². The van der Waals surface area contributed by atoms with E-state index in [-0.39, 0.29) is 17.9 Å². The van der Waals surface area contributed by atoms with Crippen LogP contribution in [0.5, 0.6) is 0 Å². The van der Waals surface area contributed by atoms with Crippen LogP contribution in [0.1, 0.15) is 29.7 Å². The van der Waals surface area contributed by atoms with Gasteiger partial charge in [-0.3, -0.25) is 4.90 Å². The van der Waals surface area contributed by atoms with Crippen molar-refractivity contribution < 1.29 is 4.39 Å². The van der Waals surface area contributed by atoms with E-state index in [9.17, 15) is 4.39 Å². The Hall–Kier alpha value is -1.71. The summed E-state index contributed by atoms with van der Waals surface area (Å²) in [5.74, 6) is -0.166. The zero-order valence-corrected chi connectivity index (χ0v) is 12.9. The van der Waals surface area contributed by atoms with Crippen molar-refractivity contribution in [2.75, 3.05) is 7.05 Å². The van der Waals surface area contributed by atoms with Gasteiger partial charge >= 0.3 is 0 Å². The topological polar surface area (TPSA) is 29.3 Å². The first kappa shape index (κ1) is 15.7. The van der Waals surface area contributed by atoms with Gasteiger partial charge in [0.1, 0.15) is 5.82 Å². The van der Waals surface area contributed by atoms with Crippen LogP contribution in [0, 0.1) is 12.7 Å². The molecule has 0 fully saturated rings. The monoisotopic (exact) mass is 286 g/mol. The Morgan fingerprint density at radius 3 is 2.33 bits per heavy atom. The molecule has 0 spiro atoms. The minimum absolute atomic E-state index is 0.0950. The summed E-state index contributed by atoms with van der Waals surface area (Å²) >= 11 is 0. The highest BCUT2D eigenvalue weighted by Gasteiger charge is 2.19. The van der Waals surface area contributed by atoms with Gasteiger partial charge in [0.2, 0.25) is 0 Å². The second-order valence-electron chi connectivity index (χ2n) is 5.68. The molecule has 2 unspecified atom stereocenters. The number of likely N-dealkylation sites (N-methyl/N-ethyl adjacent to an activating group) is 1.